The molecule has 0 saturated heterocycles. The van der Waals surface area contributed by atoms with Crippen LogP contribution >= 0.6 is 34.7 Å². The van der Waals surface area contributed by atoms with Gasteiger partial charge in [0.25, 0.3) is 0 Å². The molecule has 1 aromatic carbocycles. The number of anilines is 1. The van der Waals surface area contributed by atoms with Crippen LogP contribution in [-0.2, 0) is 4.79 Å². The summed E-state index contributed by atoms with van der Waals surface area (Å²) in [6, 6.07) is 7.93. The van der Waals surface area contributed by atoms with Gasteiger partial charge in [0.1, 0.15) is 0 Å². The molecule has 0 bridgehead atoms. The Morgan fingerprint density at radius 1 is 1.31 bits per heavy atom. The summed E-state index contributed by atoms with van der Waals surface area (Å²) in [5.41, 5.74) is 0.919. The van der Waals surface area contributed by atoms with Crippen molar-refractivity contribution in [1.29, 1.82) is 0 Å². The van der Waals surface area contributed by atoms with Gasteiger partial charge in [-0.25, -0.2) is 0 Å². The van der Waals surface area contributed by atoms with Gasteiger partial charge in [0.15, 0.2) is 4.34 Å². The number of rotatable bonds is 7. The average molecular weight is 411 g/mol. The zero-order valence-corrected chi connectivity index (χ0v) is 17.1. The molecule has 3 rings (SSSR count). The van der Waals surface area contributed by atoms with E-state index in [0.717, 1.165) is 15.0 Å². The van der Waals surface area contributed by atoms with Crippen molar-refractivity contribution >= 4 is 45.7 Å². The molecule has 0 aliphatic heterocycles. The summed E-state index contributed by atoms with van der Waals surface area (Å²) >= 11 is 9.11. The van der Waals surface area contributed by atoms with E-state index >= 15 is 0 Å². The van der Waals surface area contributed by atoms with Gasteiger partial charge in [0.2, 0.25) is 11.0 Å². The molecule has 140 valence electrons. The molecule has 1 aromatic heterocycles. The van der Waals surface area contributed by atoms with Gasteiger partial charge in [-0.05, 0) is 31.4 Å². The number of halogens is 1. The lowest BCUT2D eigenvalue weighted by molar-refractivity contribution is -0.119. The van der Waals surface area contributed by atoms with Crippen LogP contribution in [-0.4, -0.2) is 27.9 Å². The number of nitrogens with zero attached hydrogens (tertiary/aromatic N) is 2. The third-order valence-corrected chi connectivity index (χ3v) is 6.75. The molecule has 5 nitrogen and oxygen atoms in total. The van der Waals surface area contributed by atoms with E-state index in [-0.39, 0.29) is 11.9 Å². The standard InChI is InChI=1S/C18H23ClN4OS2/c1-12(14-9-5-6-10-15(14)19)20-16(24)11-25-18-23-22-17(26-18)21-13-7-3-2-4-8-13/h5-6,9-10,12-13H,2-4,7-8,11H2,1H3,(H,20,24)(H,21,22). The number of aromatic nitrogens is 2. The Balaban J connectivity index is 1.45. The first-order valence-electron chi connectivity index (χ1n) is 8.88. The van der Waals surface area contributed by atoms with Gasteiger partial charge < -0.3 is 10.6 Å². The van der Waals surface area contributed by atoms with E-state index in [9.17, 15) is 4.79 Å². The average Bonchev–Trinajstić information content (AvgIpc) is 3.08. The molecule has 0 radical (unpaired) electrons. The third-order valence-electron chi connectivity index (χ3n) is 4.42. The highest BCUT2D eigenvalue weighted by Gasteiger charge is 2.16. The maximum absolute atomic E-state index is 12.2. The Kier molecular flexibility index (Phi) is 7.16. The summed E-state index contributed by atoms with van der Waals surface area (Å²) in [7, 11) is 0. The van der Waals surface area contributed by atoms with Crippen molar-refractivity contribution in [3.63, 3.8) is 0 Å². The second-order valence-electron chi connectivity index (χ2n) is 6.45. The third kappa shape index (κ3) is 5.59. The molecule has 1 amide bonds. The van der Waals surface area contributed by atoms with Crippen LogP contribution in [0.15, 0.2) is 28.6 Å². The second-order valence-corrected chi connectivity index (χ2v) is 9.06. The van der Waals surface area contributed by atoms with E-state index in [1.54, 1.807) is 0 Å². The smallest absolute Gasteiger partial charge is 0.230 e. The van der Waals surface area contributed by atoms with E-state index in [4.69, 9.17) is 11.6 Å². The number of benzene rings is 1. The summed E-state index contributed by atoms with van der Waals surface area (Å²) in [6.07, 6.45) is 6.29. The van der Waals surface area contributed by atoms with Gasteiger partial charge in [-0.2, -0.15) is 0 Å². The quantitative estimate of drug-likeness (QED) is 0.635. The summed E-state index contributed by atoms with van der Waals surface area (Å²) < 4.78 is 0.809. The minimum atomic E-state index is -0.130. The van der Waals surface area contributed by atoms with E-state index in [1.165, 1.54) is 55.2 Å². The summed E-state index contributed by atoms with van der Waals surface area (Å²) in [5, 5.41) is 16.3. The topological polar surface area (TPSA) is 66.9 Å². The van der Waals surface area contributed by atoms with Gasteiger partial charge in [-0.3, -0.25) is 4.79 Å². The van der Waals surface area contributed by atoms with Crippen LogP contribution in [0.2, 0.25) is 5.02 Å². The zero-order valence-electron chi connectivity index (χ0n) is 14.7. The fourth-order valence-corrected chi connectivity index (χ4v) is 5.00. The first-order valence-corrected chi connectivity index (χ1v) is 11.1. The molecular formula is C18H23ClN4OS2. The summed E-state index contributed by atoms with van der Waals surface area (Å²) in [6.45, 7) is 1.93. The van der Waals surface area contributed by atoms with Gasteiger partial charge in [0.05, 0.1) is 11.8 Å². The first-order chi connectivity index (χ1) is 12.6. The Labute approximate surface area is 167 Å². The van der Waals surface area contributed by atoms with Crippen molar-refractivity contribution in [2.45, 2.75) is 55.5 Å². The van der Waals surface area contributed by atoms with E-state index in [0.29, 0.717) is 16.8 Å². The highest BCUT2D eigenvalue weighted by molar-refractivity contribution is 8.01. The predicted molar refractivity (Wildman–Crippen MR) is 109 cm³/mol. The van der Waals surface area contributed by atoms with Crippen molar-refractivity contribution in [2.75, 3.05) is 11.1 Å². The monoisotopic (exact) mass is 410 g/mol. The Morgan fingerprint density at radius 2 is 2.08 bits per heavy atom. The second kappa shape index (κ2) is 9.58. The lowest BCUT2D eigenvalue weighted by atomic mass is 9.96. The number of hydrogen-bond acceptors (Lipinski definition) is 6. The number of nitrogens with one attached hydrogen (secondary N) is 2. The lowest BCUT2D eigenvalue weighted by Gasteiger charge is -2.21. The first kappa shape index (κ1) is 19.5. The Hall–Kier alpha value is -1.31. The zero-order chi connectivity index (χ0) is 18.4. The molecule has 2 N–H and O–H groups in total. The minimum absolute atomic E-state index is 0.0422. The number of carbonyl (C=O) groups excluding carboxylic acids is 1. The van der Waals surface area contributed by atoms with Crippen LogP contribution in [0.5, 0.6) is 0 Å². The van der Waals surface area contributed by atoms with Crippen molar-refractivity contribution < 1.29 is 4.79 Å². The number of hydrogen-bond donors (Lipinski definition) is 2. The van der Waals surface area contributed by atoms with Crippen molar-refractivity contribution in [2.24, 2.45) is 0 Å². The van der Waals surface area contributed by atoms with E-state index in [1.807, 2.05) is 31.2 Å². The normalized spacial score (nSPS) is 16.2. The molecule has 1 aliphatic carbocycles. The SMILES string of the molecule is CC(NC(=O)CSc1nnc(NC2CCCCC2)s1)c1ccccc1Cl. The highest BCUT2D eigenvalue weighted by Crippen LogP contribution is 2.28. The largest absolute Gasteiger partial charge is 0.357 e. The van der Waals surface area contributed by atoms with Crippen LogP contribution in [0.1, 0.15) is 50.6 Å². The molecule has 1 atom stereocenters. The van der Waals surface area contributed by atoms with Crippen LogP contribution in [0, 0.1) is 0 Å². The maximum Gasteiger partial charge on any atom is 0.230 e. The molecule has 26 heavy (non-hydrogen) atoms. The number of carbonyl (C=O) groups is 1. The van der Waals surface area contributed by atoms with E-state index < -0.39 is 0 Å². The molecule has 1 aliphatic rings. The van der Waals surface area contributed by atoms with Crippen LogP contribution in [0.25, 0.3) is 0 Å². The fourth-order valence-electron chi connectivity index (χ4n) is 3.06. The molecule has 2 aromatic rings. The van der Waals surface area contributed by atoms with Crippen molar-refractivity contribution in [3.05, 3.63) is 34.9 Å². The van der Waals surface area contributed by atoms with Crippen LogP contribution < -0.4 is 10.6 Å². The molecule has 1 saturated carbocycles. The maximum atomic E-state index is 12.2. The molecule has 1 unspecified atom stereocenters. The van der Waals surface area contributed by atoms with Crippen molar-refractivity contribution in [3.8, 4) is 0 Å². The summed E-state index contributed by atoms with van der Waals surface area (Å²) in [4.78, 5) is 12.2. The Bertz CT molecular complexity index is 733. The molecule has 8 heteroatoms. The molecule has 1 fully saturated rings. The van der Waals surface area contributed by atoms with Gasteiger partial charge in [0, 0.05) is 11.1 Å². The molecular weight excluding hydrogens is 388 g/mol. The fraction of sp³-hybridized carbons (Fsp3) is 0.500. The lowest BCUT2D eigenvalue weighted by Crippen LogP contribution is -2.28. The van der Waals surface area contributed by atoms with Crippen LogP contribution in [0.4, 0.5) is 5.13 Å². The molecule has 1 heterocycles. The van der Waals surface area contributed by atoms with Crippen molar-refractivity contribution in [1.82, 2.24) is 15.5 Å². The summed E-state index contributed by atoms with van der Waals surface area (Å²) in [5.74, 6) is 0.270. The predicted octanol–water partition coefficient (Wildman–Crippen LogP) is 4.91. The van der Waals surface area contributed by atoms with Gasteiger partial charge >= 0.3 is 0 Å². The van der Waals surface area contributed by atoms with E-state index in [2.05, 4.69) is 20.8 Å². The van der Waals surface area contributed by atoms with Crippen LogP contribution in [0.3, 0.4) is 0 Å². The van der Waals surface area contributed by atoms with Gasteiger partial charge in [-0.1, -0.05) is 72.2 Å². The van der Waals surface area contributed by atoms with Gasteiger partial charge in [-0.15, -0.1) is 10.2 Å². The number of thioether (sulfide) groups is 1. The number of amides is 1. The minimum Gasteiger partial charge on any atom is -0.357 e. The Morgan fingerprint density at radius 3 is 2.85 bits per heavy atom. The highest BCUT2D eigenvalue weighted by atomic mass is 35.5. The molecule has 0 spiro atoms.